The van der Waals surface area contributed by atoms with Gasteiger partial charge in [0.25, 0.3) is 0 Å². The van der Waals surface area contributed by atoms with Gasteiger partial charge in [0.2, 0.25) is 17.2 Å². The number of hydrogen-bond donors (Lipinski definition) is 2. The zero-order chi connectivity index (χ0) is 14.4. The summed E-state index contributed by atoms with van der Waals surface area (Å²) < 4.78 is 0. The quantitative estimate of drug-likeness (QED) is 0.797. The minimum atomic E-state index is -0.108. The molecule has 1 atom stereocenters. The molecule has 0 aliphatic rings. The topological polar surface area (TPSA) is 74.2 Å². The van der Waals surface area contributed by atoms with Crippen molar-refractivity contribution in [1.82, 2.24) is 15.0 Å². The van der Waals surface area contributed by atoms with Gasteiger partial charge in [-0.3, -0.25) is 0 Å². The Bertz CT molecular complexity index is 398. The smallest absolute Gasteiger partial charge is 0.231 e. The Kier molecular flexibility index (Phi) is 6.24. The van der Waals surface area contributed by atoms with E-state index in [9.17, 15) is 5.11 Å². The van der Waals surface area contributed by atoms with Crippen LogP contribution in [0.5, 0.6) is 0 Å². The van der Waals surface area contributed by atoms with Crippen LogP contribution >= 0.6 is 11.6 Å². The predicted molar refractivity (Wildman–Crippen MR) is 77.7 cm³/mol. The first-order valence-electron chi connectivity index (χ1n) is 6.55. The molecular formula is C12H22ClN5O. The lowest BCUT2D eigenvalue weighted by Gasteiger charge is -2.22. The van der Waals surface area contributed by atoms with Crippen LogP contribution in [0.2, 0.25) is 5.28 Å². The summed E-state index contributed by atoms with van der Waals surface area (Å²) in [6, 6.07) is -0.108. The zero-order valence-electron chi connectivity index (χ0n) is 11.9. The van der Waals surface area contributed by atoms with Crippen molar-refractivity contribution < 1.29 is 5.11 Å². The largest absolute Gasteiger partial charge is 0.394 e. The van der Waals surface area contributed by atoms with Crippen molar-refractivity contribution in [2.75, 3.05) is 29.9 Å². The van der Waals surface area contributed by atoms with E-state index >= 15 is 0 Å². The number of aromatic nitrogens is 3. The van der Waals surface area contributed by atoms with E-state index in [1.165, 1.54) is 0 Å². The molecule has 108 valence electrons. The third kappa shape index (κ3) is 4.47. The van der Waals surface area contributed by atoms with Crippen LogP contribution in [0.15, 0.2) is 0 Å². The Balaban J connectivity index is 2.96. The molecule has 6 nitrogen and oxygen atoms in total. The number of anilines is 2. The van der Waals surface area contributed by atoms with E-state index < -0.39 is 0 Å². The van der Waals surface area contributed by atoms with Crippen molar-refractivity contribution >= 4 is 23.5 Å². The first-order valence-corrected chi connectivity index (χ1v) is 6.93. The van der Waals surface area contributed by atoms with Crippen molar-refractivity contribution in [2.45, 2.75) is 33.7 Å². The molecule has 7 heteroatoms. The Morgan fingerprint density at radius 3 is 2.32 bits per heavy atom. The molecule has 0 aliphatic heterocycles. The average molecular weight is 288 g/mol. The summed E-state index contributed by atoms with van der Waals surface area (Å²) in [5.41, 5.74) is 0. The molecule has 0 radical (unpaired) electrons. The second kappa shape index (κ2) is 7.45. The maximum Gasteiger partial charge on any atom is 0.231 e. The standard InChI is InChI=1S/C12H22ClN5O/c1-5-18(6-2)12-16-10(13)15-11(17-12)14-9(7-19)8(3)4/h8-9,19H,5-7H2,1-4H3,(H,14,15,16,17)/t9-/m1/s1. The number of rotatable bonds is 7. The SMILES string of the molecule is CCN(CC)c1nc(Cl)nc(N[C@H](CO)C(C)C)n1. The van der Waals surface area contributed by atoms with E-state index in [0.29, 0.717) is 11.9 Å². The van der Waals surface area contributed by atoms with Gasteiger partial charge < -0.3 is 15.3 Å². The molecule has 2 N–H and O–H groups in total. The molecule has 0 aromatic carbocycles. The van der Waals surface area contributed by atoms with Crippen LogP contribution in [0.25, 0.3) is 0 Å². The van der Waals surface area contributed by atoms with Crippen LogP contribution in [0.3, 0.4) is 0 Å². The number of nitrogens with zero attached hydrogens (tertiary/aromatic N) is 4. The third-order valence-electron chi connectivity index (χ3n) is 2.96. The third-order valence-corrected chi connectivity index (χ3v) is 3.13. The van der Waals surface area contributed by atoms with Gasteiger partial charge in [0.05, 0.1) is 12.6 Å². The number of halogens is 1. The lowest BCUT2D eigenvalue weighted by Crippen LogP contribution is -2.31. The van der Waals surface area contributed by atoms with Gasteiger partial charge in [0.1, 0.15) is 0 Å². The van der Waals surface area contributed by atoms with Gasteiger partial charge in [-0.05, 0) is 31.4 Å². The van der Waals surface area contributed by atoms with Gasteiger partial charge in [0, 0.05) is 13.1 Å². The second-order valence-electron chi connectivity index (χ2n) is 4.58. The molecule has 1 rings (SSSR count). The molecule has 1 aromatic rings. The molecule has 0 amide bonds. The first-order chi connectivity index (χ1) is 9.01. The van der Waals surface area contributed by atoms with Crippen molar-refractivity contribution in [1.29, 1.82) is 0 Å². The minimum Gasteiger partial charge on any atom is -0.394 e. The fourth-order valence-electron chi connectivity index (χ4n) is 1.64. The summed E-state index contributed by atoms with van der Waals surface area (Å²) >= 11 is 5.92. The van der Waals surface area contributed by atoms with E-state index in [1.54, 1.807) is 0 Å². The summed E-state index contributed by atoms with van der Waals surface area (Å²) in [6.45, 7) is 9.69. The van der Waals surface area contributed by atoms with Gasteiger partial charge >= 0.3 is 0 Å². The Hall–Kier alpha value is -1.14. The van der Waals surface area contributed by atoms with Crippen LogP contribution in [-0.4, -0.2) is 45.8 Å². The van der Waals surface area contributed by atoms with Crippen LogP contribution < -0.4 is 10.2 Å². The highest BCUT2D eigenvalue weighted by atomic mass is 35.5. The number of hydrogen-bond acceptors (Lipinski definition) is 6. The minimum absolute atomic E-state index is 0.0154. The normalized spacial score (nSPS) is 12.6. The maximum atomic E-state index is 9.32. The van der Waals surface area contributed by atoms with Gasteiger partial charge in [0.15, 0.2) is 0 Å². The van der Waals surface area contributed by atoms with Gasteiger partial charge in [-0.15, -0.1) is 0 Å². The zero-order valence-corrected chi connectivity index (χ0v) is 12.6. The molecular weight excluding hydrogens is 266 g/mol. The first kappa shape index (κ1) is 15.9. The summed E-state index contributed by atoms with van der Waals surface area (Å²) in [7, 11) is 0. The van der Waals surface area contributed by atoms with Crippen molar-refractivity contribution in [3.05, 3.63) is 5.28 Å². The van der Waals surface area contributed by atoms with Crippen molar-refractivity contribution in [3.8, 4) is 0 Å². The van der Waals surface area contributed by atoms with Crippen LogP contribution in [0.1, 0.15) is 27.7 Å². The van der Waals surface area contributed by atoms with E-state index in [4.69, 9.17) is 11.6 Å². The molecule has 0 saturated carbocycles. The van der Waals surface area contributed by atoms with E-state index in [-0.39, 0.29) is 23.9 Å². The second-order valence-corrected chi connectivity index (χ2v) is 4.92. The number of nitrogens with one attached hydrogen (secondary N) is 1. The highest BCUT2D eigenvalue weighted by molar-refractivity contribution is 6.28. The van der Waals surface area contributed by atoms with Gasteiger partial charge in [-0.2, -0.15) is 15.0 Å². The highest BCUT2D eigenvalue weighted by Crippen LogP contribution is 2.15. The molecule has 0 aliphatic carbocycles. The molecule has 0 bridgehead atoms. The van der Waals surface area contributed by atoms with Crippen LogP contribution in [0.4, 0.5) is 11.9 Å². The maximum absolute atomic E-state index is 9.32. The summed E-state index contributed by atoms with van der Waals surface area (Å²) in [5.74, 6) is 1.21. The Morgan fingerprint density at radius 2 is 1.84 bits per heavy atom. The molecule has 1 heterocycles. The predicted octanol–water partition coefficient (Wildman–Crippen LogP) is 1.80. The molecule has 1 aromatic heterocycles. The number of aliphatic hydroxyl groups excluding tert-OH is 1. The summed E-state index contributed by atoms with van der Waals surface area (Å²) in [4.78, 5) is 14.5. The molecule has 0 spiro atoms. The summed E-state index contributed by atoms with van der Waals surface area (Å²) in [5, 5.41) is 12.6. The highest BCUT2D eigenvalue weighted by Gasteiger charge is 2.16. The van der Waals surface area contributed by atoms with E-state index in [0.717, 1.165) is 13.1 Å². The van der Waals surface area contributed by atoms with Gasteiger partial charge in [-0.1, -0.05) is 13.8 Å². The average Bonchev–Trinajstić information content (AvgIpc) is 2.36. The lowest BCUT2D eigenvalue weighted by atomic mass is 10.1. The monoisotopic (exact) mass is 287 g/mol. The van der Waals surface area contributed by atoms with Gasteiger partial charge in [-0.25, -0.2) is 0 Å². The number of aliphatic hydroxyl groups is 1. The Labute approximate surface area is 119 Å². The Morgan fingerprint density at radius 1 is 1.21 bits per heavy atom. The molecule has 0 saturated heterocycles. The molecule has 19 heavy (non-hydrogen) atoms. The molecule has 0 unspecified atom stereocenters. The fourth-order valence-corrected chi connectivity index (χ4v) is 1.80. The van der Waals surface area contributed by atoms with Crippen molar-refractivity contribution in [2.24, 2.45) is 5.92 Å². The molecule has 0 fully saturated rings. The van der Waals surface area contributed by atoms with E-state index in [2.05, 4.69) is 20.3 Å². The van der Waals surface area contributed by atoms with Crippen LogP contribution in [-0.2, 0) is 0 Å². The van der Waals surface area contributed by atoms with Crippen LogP contribution in [0, 0.1) is 5.92 Å². The van der Waals surface area contributed by atoms with Crippen molar-refractivity contribution in [3.63, 3.8) is 0 Å². The van der Waals surface area contributed by atoms with E-state index in [1.807, 2.05) is 32.6 Å². The fraction of sp³-hybridized carbons (Fsp3) is 0.750. The lowest BCUT2D eigenvalue weighted by molar-refractivity contribution is 0.248. The summed E-state index contributed by atoms with van der Waals surface area (Å²) in [6.07, 6.45) is 0.